The summed E-state index contributed by atoms with van der Waals surface area (Å²) in [5, 5.41) is 8.96. The third kappa shape index (κ3) is 5.99. The number of carbonyl (C=O) groups is 4. The van der Waals surface area contributed by atoms with Crippen molar-refractivity contribution in [2.45, 2.75) is 12.2 Å². The average Bonchev–Trinajstić information content (AvgIpc) is 2.52. The fourth-order valence-electron chi connectivity index (χ4n) is 1.45. The van der Waals surface area contributed by atoms with Gasteiger partial charge in [-0.1, -0.05) is 12.1 Å². The molecule has 0 radical (unpaired) electrons. The van der Waals surface area contributed by atoms with Gasteiger partial charge in [0.15, 0.2) is 0 Å². The first kappa shape index (κ1) is 18.5. The Morgan fingerprint density at radius 3 is 2.52 bits per heavy atom. The Morgan fingerprint density at radius 2 is 1.91 bits per heavy atom. The van der Waals surface area contributed by atoms with Crippen molar-refractivity contribution >= 4 is 34.9 Å². The molecule has 0 bridgehead atoms. The van der Waals surface area contributed by atoms with Crippen molar-refractivity contribution in [2.75, 3.05) is 13.7 Å². The number of para-hydroxylation sites is 1. The molecule has 9 heteroatoms. The lowest BCUT2D eigenvalue weighted by Gasteiger charge is -2.11. The average molecular weight is 341 g/mol. The number of esters is 1. The molecule has 0 aromatic heterocycles. The molecule has 1 aromatic rings. The highest BCUT2D eigenvalue weighted by Gasteiger charge is 2.21. The molecule has 1 aromatic carbocycles. The minimum Gasteiger partial charge on any atom is -0.480 e. The number of benzene rings is 1. The van der Waals surface area contributed by atoms with Crippen LogP contribution in [0.3, 0.4) is 0 Å². The van der Waals surface area contributed by atoms with Crippen LogP contribution in [0, 0.1) is 0 Å². The van der Waals surface area contributed by atoms with Crippen molar-refractivity contribution in [2.24, 2.45) is 0 Å². The predicted octanol–water partition coefficient (Wildman–Crippen LogP) is 1.29. The summed E-state index contributed by atoms with van der Waals surface area (Å²) in [5.74, 6) is -2.46. The Bertz CT molecular complexity index is 617. The summed E-state index contributed by atoms with van der Waals surface area (Å²) in [6, 6.07) is 6.00. The minimum atomic E-state index is -1.19. The lowest BCUT2D eigenvalue weighted by molar-refractivity contribution is -0.137. The van der Waals surface area contributed by atoms with E-state index in [1.165, 1.54) is 26.2 Å². The van der Waals surface area contributed by atoms with Crippen LogP contribution in [0.4, 0.5) is 4.79 Å². The molecule has 0 aliphatic rings. The van der Waals surface area contributed by atoms with Gasteiger partial charge in [0.25, 0.3) is 0 Å². The number of thioether (sulfide) groups is 1. The molecule has 0 saturated carbocycles. The van der Waals surface area contributed by atoms with Gasteiger partial charge in [-0.3, -0.25) is 9.59 Å². The van der Waals surface area contributed by atoms with Crippen molar-refractivity contribution < 1.29 is 33.8 Å². The van der Waals surface area contributed by atoms with E-state index in [0.717, 1.165) is 0 Å². The van der Waals surface area contributed by atoms with E-state index in [0.29, 0.717) is 11.8 Å². The number of hydrogen-bond acceptors (Lipinski definition) is 7. The highest BCUT2D eigenvalue weighted by Crippen LogP contribution is 2.23. The zero-order valence-electron chi connectivity index (χ0n) is 12.4. The summed E-state index contributed by atoms with van der Waals surface area (Å²) in [4.78, 5) is 45.3. The number of ether oxygens (including phenoxy) is 2. The molecule has 1 rings (SSSR count). The van der Waals surface area contributed by atoms with Gasteiger partial charge in [0.1, 0.15) is 17.9 Å². The highest BCUT2D eigenvalue weighted by molar-refractivity contribution is 8.14. The zero-order valence-corrected chi connectivity index (χ0v) is 13.2. The maximum atomic E-state index is 11.8. The first-order valence-electron chi connectivity index (χ1n) is 6.40. The topological polar surface area (TPSA) is 119 Å². The quantitative estimate of drug-likeness (QED) is 0.743. The molecule has 0 fully saturated rings. The standard InChI is InChI=1S/C14H15NO7S/c1-8(12(18)15-7-11(16)17)23-14(20)22-10-6-4-3-5-9(10)13(19)21-2/h3-6,8H,7H2,1-2H3,(H,15,18)(H,16,17). The Morgan fingerprint density at radius 1 is 1.26 bits per heavy atom. The summed E-state index contributed by atoms with van der Waals surface area (Å²) >= 11 is 0.564. The fourth-order valence-corrected chi connectivity index (χ4v) is 2.07. The second-order valence-electron chi connectivity index (χ2n) is 4.21. The Labute approximate surface area is 136 Å². The lowest BCUT2D eigenvalue weighted by Crippen LogP contribution is -2.35. The zero-order chi connectivity index (χ0) is 17.4. The first-order chi connectivity index (χ1) is 10.8. The van der Waals surface area contributed by atoms with Gasteiger partial charge in [0.2, 0.25) is 5.91 Å². The molecule has 1 atom stereocenters. The summed E-state index contributed by atoms with van der Waals surface area (Å²) in [6.45, 7) is 0.888. The Balaban J connectivity index is 2.65. The van der Waals surface area contributed by atoms with Gasteiger partial charge >= 0.3 is 17.2 Å². The van der Waals surface area contributed by atoms with E-state index in [-0.39, 0.29) is 11.3 Å². The number of amides is 1. The normalized spacial score (nSPS) is 11.2. The Kier molecular flexibility index (Phi) is 7.07. The SMILES string of the molecule is COC(=O)c1ccccc1OC(=O)SC(C)C(=O)NCC(=O)O. The fraction of sp³-hybridized carbons (Fsp3) is 0.286. The van der Waals surface area contributed by atoms with Crippen LogP contribution in [0.1, 0.15) is 17.3 Å². The molecule has 0 spiro atoms. The van der Waals surface area contributed by atoms with Crippen LogP contribution in [-0.4, -0.2) is 47.2 Å². The molecule has 0 saturated heterocycles. The van der Waals surface area contributed by atoms with Crippen LogP contribution < -0.4 is 10.1 Å². The second-order valence-corrected chi connectivity index (χ2v) is 5.49. The number of methoxy groups -OCH3 is 1. The van der Waals surface area contributed by atoms with Crippen molar-refractivity contribution in [3.8, 4) is 5.75 Å². The maximum absolute atomic E-state index is 11.8. The van der Waals surface area contributed by atoms with E-state index in [1.807, 2.05) is 0 Å². The third-order valence-electron chi connectivity index (χ3n) is 2.54. The maximum Gasteiger partial charge on any atom is 0.373 e. The number of nitrogens with one attached hydrogen (secondary N) is 1. The summed E-state index contributed by atoms with van der Waals surface area (Å²) in [5.41, 5.74) is 0.0759. The molecule has 2 N–H and O–H groups in total. The van der Waals surface area contributed by atoms with Crippen LogP contribution >= 0.6 is 11.8 Å². The first-order valence-corrected chi connectivity index (χ1v) is 7.28. The predicted molar refractivity (Wildman–Crippen MR) is 81.5 cm³/mol. The molecule has 8 nitrogen and oxygen atoms in total. The van der Waals surface area contributed by atoms with Gasteiger partial charge in [0, 0.05) is 0 Å². The van der Waals surface area contributed by atoms with Crippen LogP contribution in [0.2, 0.25) is 0 Å². The molecule has 0 heterocycles. The van der Waals surface area contributed by atoms with Crippen molar-refractivity contribution in [3.05, 3.63) is 29.8 Å². The molecule has 1 unspecified atom stereocenters. The molecule has 23 heavy (non-hydrogen) atoms. The van der Waals surface area contributed by atoms with Crippen LogP contribution in [0.25, 0.3) is 0 Å². The van der Waals surface area contributed by atoms with E-state index in [4.69, 9.17) is 9.84 Å². The van der Waals surface area contributed by atoms with E-state index in [2.05, 4.69) is 10.1 Å². The monoisotopic (exact) mass is 341 g/mol. The highest BCUT2D eigenvalue weighted by atomic mass is 32.2. The van der Waals surface area contributed by atoms with Gasteiger partial charge in [-0.2, -0.15) is 0 Å². The smallest absolute Gasteiger partial charge is 0.373 e. The van der Waals surface area contributed by atoms with Gasteiger partial charge in [-0.25, -0.2) is 9.59 Å². The largest absolute Gasteiger partial charge is 0.480 e. The van der Waals surface area contributed by atoms with E-state index >= 15 is 0 Å². The Hall–Kier alpha value is -2.55. The van der Waals surface area contributed by atoms with Crippen LogP contribution in [0.15, 0.2) is 24.3 Å². The van der Waals surface area contributed by atoms with Crippen molar-refractivity contribution in [1.82, 2.24) is 5.32 Å². The number of aliphatic carboxylic acids is 1. The van der Waals surface area contributed by atoms with E-state index in [9.17, 15) is 19.2 Å². The van der Waals surface area contributed by atoms with Gasteiger partial charge in [-0.15, -0.1) is 0 Å². The number of carboxylic acids is 1. The van der Waals surface area contributed by atoms with Gasteiger partial charge < -0.3 is 19.9 Å². The lowest BCUT2D eigenvalue weighted by atomic mass is 10.2. The second kappa shape index (κ2) is 8.79. The summed E-state index contributed by atoms with van der Waals surface area (Å²) < 4.78 is 9.62. The molecule has 1 amide bonds. The molecule has 0 aliphatic carbocycles. The van der Waals surface area contributed by atoms with Crippen molar-refractivity contribution in [3.63, 3.8) is 0 Å². The number of hydrogen-bond donors (Lipinski definition) is 2. The van der Waals surface area contributed by atoms with Gasteiger partial charge in [-0.05, 0) is 30.8 Å². The molecular formula is C14H15NO7S. The van der Waals surface area contributed by atoms with Gasteiger partial charge in [0.05, 0.1) is 12.4 Å². The molecule has 0 aliphatic heterocycles. The summed E-state index contributed by atoms with van der Waals surface area (Å²) in [6.07, 6.45) is 0. The number of carboxylic acid groups (broad SMARTS) is 1. The number of rotatable bonds is 6. The number of carbonyl (C=O) groups excluding carboxylic acids is 3. The van der Waals surface area contributed by atoms with Crippen LogP contribution in [-0.2, 0) is 14.3 Å². The van der Waals surface area contributed by atoms with E-state index < -0.39 is 34.9 Å². The van der Waals surface area contributed by atoms with Crippen LogP contribution in [0.5, 0.6) is 5.75 Å². The molecule has 124 valence electrons. The summed E-state index contributed by atoms with van der Waals surface area (Å²) in [7, 11) is 1.20. The minimum absolute atomic E-state index is 0.00925. The van der Waals surface area contributed by atoms with Crippen molar-refractivity contribution in [1.29, 1.82) is 0 Å². The third-order valence-corrected chi connectivity index (χ3v) is 3.39. The molecular weight excluding hydrogens is 326 g/mol. The van der Waals surface area contributed by atoms with E-state index in [1.54, 1.807) is 12.1 Å².